The van der Waals surface area contributed by atoms with E-state index < -0.39 is 41.2 Å². The first-order chi connectivity index (χ1) is 16.3. The SMILES string of the molecule is C=CC(=O)N1CCC(n2nc(C(=O)Cc3c(F)c(OC)nc(OC)c3F)c3c(N)ncnc32)C1. The molecule has 2 N–H and O–H groups in total. The van der Waals surface area contributed by atoms with Crippen LogP contribution in [0.15, 0.2) is 19.0 Å². The highest BCUT2D eigenvalue weighted by Crippen LogP contribution is 2.32. The zero-order chi connectivity index (χ0) is 24.6. The van der Waals surface area contributed by atoms with Crippen LogP contribution in [0.25, 0.3) is 11.0 Å². The van der Waals surface area contributed by atoms with Crippen molar-refractivity contribution in [3.63, 3.8) is 0 Å². The Balaban J connectivity index is 1.76. The molecular formula is C21H21F2N7O4. The Morgan fingerprint density at radius 1 is 1.24 bits per heavy atom. The minimum absolute atomic E-state index is 0.0116. The van der Waals surface area contributed by atoms with Crippen molar-refractivity contribution in [2.45, 2.75) is 18.9 Å². The molecule has 3 aromatic rings. The number of anilines is 1. The summed E-state index contributed by atoms with van der Waals surface area (Å²) in [6, 6.07) is -0.295. The summed E-state index contributed by atoms with van der Waals surface area (Å²) in [5.74, 6) is -4.25. The van der Waals surface area contributed by atoms with E-state index in [9.17, 15) is 18.4 Å². The highest BCUT2D eigenvalue weighted by molar-refractivity contribution is 6.09. The number of fused-ring (bicyclic) bond motifs is 1. The number of hydrogen-bond acceptors (Lipinski definition) is 9. The first kappa shape index (κ1) is 23.0. The van der Waals surface area contributed by atoms with Gasteiger partial charge in [-0.25, -0.2) is 23.4 Å². The van der Waals surface area contributed by atoms with Crippen LogP contribution >= 0.6 is 0 Å². The predicted octanol–water partition coefficient (Wildman–Crippen LogP) is 1.48. The van der Waals surface area contributed by atoms with Gasteiger partial charge in [-0.05, 0) is 12.5 Å². The Hall–Kier alpha value is -4.16. The lowest BCUT2D eigenvalue weighted by molar-refractivity contribution is -0.125. The van der Waals surface area contributed by atoms with E-state index in [4.69, 9.17) is 15.2 Å². The summed E-state index contributed by atoms with van der Waals surface area (Å²) in [5.41, 5.74) is 5.56. The summed E-state index contributed by atoms with van der Waals surface area (Å²) < 4.78 is 40.7. The maximum atomic E-state index is 14.8. The fourth-order valence-corrected chi connectivity index (χ4v) is 3.93. The number of carbonyl (C=O) groups excluding carboxylic acids is 2. The van der Waals surface area contributed by atoms with Crippen LogP contribution in [0, 0.1) is 11.6 Å². The van der Waals surface area contributed by atoms with E-state index in [0.717, 1.165) is 14.2 Å². The average molecular weight is 473 g/mol. The Bertz CT molecular complexity index is 1280. The molecule has 178 valence electrons. The van der Waals surface area contributed by atoms with Gasteiger partial charge in [0.2, 0.25) is 5.91 Å². The smallest absolute Gasteiger partial charge is 0.253 e. The van der Waals surface area contributed by atoms with E-state index in [2.05, 4.69) is 26.6 Å². The topological polar surface area (TPSA) is 138 Å². The lowest BCUT2D eigenvalue weighted by Crippen LogP contribution is -2.27. The molecule has 4 rings (SSSR count). The van der Waals surface area contributed by atoms with Crippen LogP contribution < -0.4 is 15.2 Å². The van der Waals surface area contributed by atoms with Crippen molar-refractivity contribution < 1.29 is 27.8 Å². The number of methoxy groups -OCH3 is 2. The molecular weight excluding hydrogens is 452 g/mol. The first-order valence-electron chi connectivity index (χ1n) is 10.2. The van der Waals surface area contributed by atoms with Gasteiger partial charge in [0.15, 0.2) is 23.1 Å². The fraction of sp³-hybridized carbons (Fsp3) is 0.333. The molecule has 1 aliphatic rings. The van der Waals surface area contributed by atoms with Gasteiger partial charge in [0, 0.05) is 25.1 Å². The summed E-state index contributed by atoms with van der Waals surface area (Å²) in [5, 5.41) is 4.55. The van der Waals surface area contributed by atoms with Crippen LogP contribution in [0.2, 0.25) is 0 Å². The Morgan fingerprint density at radius 2 is 1.91 bits per heavy atom. The molecule has 1 aliphatic heterocycles. The Kier molecular flexibility index (Phi) is 6.09. The van der Waals surface area contributed by atoms with Gasteiger partial charge < -0.3 is 20.1 Å². The van der Waals surface area contributed by atoms with E-state index in [0.29, 0.717) is 19.5 Å². The van der Waals surface area contributed by atoms with Crippen molar-refractivity contribution in [3.8, 4) is 11.8 Å². The van der Waals surface area contributed by atoms with Gasteiger partial charge in [0.1, 0.15) is 17.8 Å². The summed E-state index contributed by atoms with van der Waals surface area (Å²) in [7, 11) is 2.31. The third kappa shape index (κ3) is 3.78. The van der Waals surface area contributed by atoms with Crippen molar-refractivity contribution in [1.29, 1.82) is 0 Å². The molecule has 0 spiro atoms. The molecule has 0 saturated carbocycles. The second-order valence-electron chi connectivity index (χ2n) is 7.52. The number of pyridine rings is 1. The predicted molar refractivity (Wildman–Crippen MR) is 115 cm³/mol. The zero-order valence-corrected chi connectivity index (χ0v) is 18.4. The summed E-state index contributed by atoms with van der Waals surface area (Å²) in [6.45, 7) is 4.28. The molecule has 1 amide bonds. The number of halogens is 2. The summed E-state index contributed by atoms with van der Waals surface area (Å²) in [6.07, 6.45) is 2.29. The van der Waals surface area contributed by atoms with Crippen molar-refractivity contribution in [3.05, 3.63) is 41.9 Å². The van der Waals surface area contributed by atoms with Gasteiger partial charge in [0.05, 0.1) is 25.6 Å². The van der Waals surface area contributed by atoms with Crippen molar-refractivity contribution in [1.82, 2.24) is 29.6 Å². The minimum Gasteiger partial charge on any atom is -0.479 e. The van der Waals surface area contributed by atoms with Crippen molar-refractivity contribution in [2.75, 3.05) is 33.0 Å². The van der Waals surface area contributed by atoms with Crippen LogP contribution in [0.5, 0.6) is 11.8 Å². The third-order valence-electron chi connectivity index (χ3n) is 5.61. The van der Waals surface area contributed by atoms with Gasteiger partial charge in [0.25, 0.3) is 11.8 Å². The molecule has 0 aromatic carbocycles. The molecule has 4 heterocycles. The molecule has 34 heavy (non-hydrogen) atoms. The maximum absolute atomic E-state index is 14.8. The number of nitrogens with zero attached hydrogens (tertiary/aromatic N) is 6. The number of ether oxygens (including phenoxy) is 2. The molecule has 1 fully saturated rings. The van der Waals surface area contributed by atoms with Crippen LogP contribution in [0.3, 0.4) is 0 Å². The molecule has 0 bridgehead atoms. The molecule has 0 aliphatic carbocycles. The number of hydrogen-bond donors (Lipinski definition) is 1. The number of Topliss-reactive ketones (excluding diaryl/α,β-unsaturated/α-hetero) is 1. The van der Waals surface area contributed by atoms with Gasteiger partial charge >= 0.3 is 0 Å². The van der Waals surface area contributed by atoms with Gasteiger partial charge in [-0.3, -0.25) is 9.59 Å². The third-order valence-corrected chi connectivity index (χ3v) is 5.61. The Morgan fingerprint density at radius 3 is 2.53 bits per heavy atom. The van der Waals surface area contributed by atoms with E-state index in [1.807, 2.05) is 0 Å². The van der Waals surface area contributed by atoms with Gasteiger partial charge in [-0.15, -0.1) is 0 Å². The first-order valence-corrected chi connectivity index (χ1v) is 10.2. The number of aromatic nitrogens is 5. The monoisotopic (exact) mass is 473 g/mol. The number of likely N-dealkylation sites (tertiary alicyclic amines) is 1. The lowest BCUT2D eigenvalue weighted by atomic mass is 10.1. The van der Waals surface area contributed by atoms with Crippen molar-refractivity contribution in [2.24, 2.45) is 0 Å². The van der Waals surface area contributed by atoms with E-state index in [-0.39, 0.29) is 34.5 Å². The lowest BCUT2D eigenvalue weighted by Gasteiger charge is -2.14. The van der Waals surface area contributed by atoms with Crippen LogP contribution in [0.1, 0.15) is 28.5 Å². The van der Waals surface area contributed by atoms with Gasteiger partial charge in [-0.2, -0.15) is 10.1 Å². The summed E-state index contributed by atoms with van der Waals surface area (Å²) in [4.78, 5) is 38.5. The number of amides is 1. The molecule has 3 aromatic heterocycles. The van der Waals surface area contributed by atoms with Crippen LogP contribution in [-0.4, -0.2) is 68.6 Å². The molecule has 1 saturated heterocycles. The molecule has 1 atom stereocenters. The maximum Gasteiger partial charge on any atom is 0.253 e. The average Bonchev–Trinajstić information content (AvgIpc) is 3.47. The Labute approximate surface area is 192 Å². The second kappa shape index (κ2) is 9.00. The largest absolute Gasteiger partial charge is 0.479 e. The van der Waals surface area contributed by atoms with Gasteiger partial charge in [-0.1, -0.05) is 6.58 Å². The number of carbonyl (C=O) groups is 2. The molecule has 13 heteroatoms. The number of ketones is 1. The van der Waals surface area contributed by atoms with Crippen molar-refractivity contribution >= 4 is 28.5 Å². The highest BCUT2D eigenvalue weighted by atomic mass is 19.1. The second-order valence-corrected chi connectivity index (χ2v) is 7.52. The molecule has 11 nitrogen and oxygen atoms in total. The zero-order valence-electron chi connectivity index (χ0n) is 18.4. The van der Waals surface area contributed by atoms with Crippen LogP contribution in [-0.2, 0) is 11.2 Å². The number of nitrogen functional groups attached to an aromatic ring is 1. The van der Waals surface area contributed by atoms with E-state index in [1.54, 1.807) is 4.90 Å². The summed E-state index contributed by atoms with van der Waals surface area (Å²) >= 11 is 0. The number of nitrogens with two attached hydrogens (primary N) is 1. The molecule has 0 radical (unpaired) electrons. The molecule has 1 unspecified atom stereocenters. The minimum atomic E-state index is -1.13. The highest BCUT2D eigenvalue weighted by Gasteiger charge is 2.32. The van der Waals surface area contributed by atoms with Crippen LogP contribution in [0.4, 0.5) is 14.6 Å². The number of rotatable bonds is 7. The quantitative estimate of drug-likeness (QED) is 0.399. The fourth-order valence-electron chi connectivity index (χ4n) is 3.93. The van der Waals surface area contributed by atoms with E-state index >= 15 is 0 Å². The standard InChI is InChI=1S/C21H21F2N7O4/c1-4-13(32)29-6-5-10(8-29)30-19-14(18(24)25-9-26-19)17(28-30)12(31)7-11-15(22)20(33-2)27-21(34-3)16(11)23/h4,9-10H,1,5-8H2,2-3H3,(H2,24,25,26). The normalized spacial score (nSPS) is 15.5. The van der Waals surface area contributed by atoms with E-state index in [1.165, 1.54) is 17.1 Å².